The van der Waals surface area contributed by atoms with Crippen molar-refractivity contribution in [3.63, 3.8) is 0 Å². The third-order valence-electron chi connectivity index (χ3n) is 2.85. The van der Waals surface area contributed by atoms with Gasteiger partial charge in [-0.05, 0) is 26.2 Å². The minimum absolute atomic E-state index is 0.245. The average molecular weight is 359 g/mol. The Labute approximate surface area is 140 Å². The molecule has 0 spiro atoms. The Kier molecular flexibility index (Phi) is 6.08. The number of aliphatic imine (C=N–C) groups is 2. The van der Waals surface area contributed by atoms with Crippen LogP contribution in [0.5, 0.6) is 0 Å². The first-order chi connectivity index (χ1) is 10.9. The highest BCUT2D eigenvalue weighted by Crippen LogP contribution is 2.16. The van der Waals surface area contributed by atoms with Crippen LogP contribution in [0.4, 0.5) is 0 Å². The summed E-state index contributed by atoms with van der Waals surface area (Å²) < 4.78 is 33.0. The summed E-state index contributed by atoms with van der Waals surface area (Å²) in [7, 11) is 1.97. The molecule has 0 unspecified atom stereocenters. The van der Waals surface area contributed by atoms with Gasteiger partial charge in [-0.1, -0.05) is 0 Å². The van der Waals surface area contributed by atoms with Crippen molar-refractivity contribution in [1.82, 2.24) is 14.3 Å². The summed E-state index contributed by atoms with van der Waals surface area (Å²) in [5.74, 6) is 3.90. The molecule has 0 aromatic carbocycles. The molecule has 0 atom stereocenters. The molecule has 0 radical (unpaired) electrons. The van der Waals surface area contributed by atoms with Crippen LogP contribution in [0.1, 0.15) is 11.5 Å². The molecule has 1 saturated heterocycles. The summed E-state index contributed by atoms with van der Waals surface area (Å²) in [6.07, 6.45) is 0. The van der Waals surface area contributed by atoms with Crippen LogP contribution in [0.15, 0.2) is 26.5 Å². The van der Waals surface area contributed by atoms with E-state index in [0.29, 0.717) is 6.54 Å². The van der Waals surface area contributed by atoms with Crippen LogP contribution in [0.3, 0.4) is 0 Å². The third kappa shape index (κ3) is 5.56. The van der Waals surface area contributed by atoms with Crippen molar-refractivity contribution in [2.24, 2.45) is 9.98 Å². The molecular formula is C13H21N5O3S2. The lowest BCUT2D eigenvalue weighted by Gasteiger charge is -2.05. The predicted octanol–water partition coefficient (Wildman–Crippen LogP) is 0.439. The highest BCUT2D eigenvalue weighted by Gasteiger charge is 2.27. The Morgan fingerprint density at radius 2 is 1.91 bits per heavy atom. The first-order valence-corrected chi connectivity index (χ1v) is 9.65. The highest BCUT2D eigenvalue weighted by atomic mass is 32.2. The van der Waals surface area contributed by atoms with E-state index in [0.717, 1.165) is 29.6 Å². The van der Waals surface area contributed by atoms with E-state index in [-0.39, 0.29) is 11.7 Å². The summed E-state index contributed by atoms with van der Waals surface area (Å²) in [5, 5.41) is 0. The van der Waals surface area contributed by atoms with Gasteiger partial charge >= 0.3 is 10.2 Å². The fourth-order valence-electron chi connectivity index (χ4n) is 1.93. The van der Waals surface area contributed by atoms with Crippen molar-refractivity contribution in [1.29, 1.82) is 0 Å². The molecule has 1 aromatic rings. The number of thioether (sulfide) groups is 1. The van der Waals surface area contributed by atoms with Crippen LogP contribution in [-0.2, 0) is 22.5 Å². The Balaban J connectivity index is 1.75. The first-order valence-electron chi connectivity index (χ1n) is 7.02. The molecule has 1 aromatic heterocycles. The molecule has 2 heterocycles. The maximum Gasteiger partial charge on any atom is 0.324 e. The second-order valence-electron chi connectivity index (χ2n) is 5.17. The lowest BCUT2D eigenvalue weighted by molar-refractivity contribution is 0.344. The van der Waals surface area contributed by atoms with Gasteiger partial charge in [-0.25, -0.2) is 9.44 Å². The van der Waals surface area contributed by atoms with Crippen molar-refractivity contribution in [2.75, 3.05) is 33.4 Å². The van der Waals surface area contributed by atoms with E-state index in [2.05, 4.69) is 24.3 Å². The number of rotatable bonds is 7. The monoisotopic (exact) mass is 359 g/mol. The van der Waals surface area contributed by atoms with Crippen LogP contribution < -0.4 is 9.44 Å². The van der Waals surface area contributed by atoms with Gasteiger partial charge in [-0.3, -0.25) is 9.98 Å². The van der Waals surface area contributed by atoms with Gasteiger partial charge in [-0.2, -0.15) is 20.2 Å². The molecule has 0 saturated carbocycles. The van der Waals surface area contributed by atoms with Crippen molar-refractivity contribution in [3.05, 3.63) is 23.7 Å². The molecule has 0 amide bonds. The summed E-state index contributed by atoms with van der Waals surface area (Å²) >= 11 is 1.68. The van der Waals surface area contributed by atoms with Gasteiger partial charge in [-0.15, -0.1) is 0 Å². The van der Waals surface area contributed by atoms with Gasteiger partial charge in [0.25, 0.3) is 0 Å². The van der Waals surface area contributed by atoms with Crippen molar-refractivity contribution in [2.45, 2.75) is 12.3 Å². The smallest absolute Gasteiger partial charge is 0.324 e. The van der Waals surface area contributed by atoms with Gasteiger partial charge in [0.15, 0.2) is 11.7 Å². The number of hydrogen-bond donors (Lipinski definition) is 2. The van der Waals surface area contributed by atoms with E-state index in [9.17, 15) is 8.42 Å². The molecular weight excluding hydrogens is 338 g/mol. The Morgan fingerprint density at radius 1 is 1.22 bits per heavy atom. The van der Waals surface area contributed by atoms with E-state index in [1.807, 2.05) is 26.2 Å². The predicted molar refractivity (Wildman–Crippen MR) is 93.1 cm³/mol. The molecule has 0 aliphatic carbocycles. The molecule has 8 nitrogen and oxygen atoms in total. The second-order valence-corrected chi connectivity index (χ2v) is 7.69. The minimum Gasteiger partial charge on any atom is -0.464 e. The first kappa shape index (κ1) is 17.8. The number of nitrogens with zero attached hydrogens (tertiary/aromatic N) is 3. The number of hydrogen-bond acceptors (Lipinski definition) is 7. The van der Waals surface area contributed by atoms with E-state index < -0.39 is 10.2 Å². The zero-order valence-electron chi connectivity index (χ0n) is 13.4. The largest absolute Gasteiger partial charge is 0.464 e. The fraction of sp³-hybridized carbons (Fsp3) is 0.538. The highest BCUT2D eigenvalue weighted by molar-refractivity contribution is 7.98. The lowest BCUT2D eigenvalue weighted by Crippen LogP contribution is -2.24. The molecule has 1 fully saturated rings. The minimum atomic E-state index is -3.54. The van der Waals surface area contributed by atoms with E-state index in [4.69, 9.17) is 4.42 Å². The summed E-state index contributed by atoms with van der Waals surface area (Å²) in [4.78, 5) is 10.1. The third-order valence-corrected chi connectivity index (χ3v) is 4.73. The van der Waals surface area contributed by atoms with Gasteiger partial charge in [0.1, 0.15) is 11.5 Å². The van der Waals surface area contributed by atoms with Crippen LogP contribution in [0.2, 0.25) is 0 Å². The normalized spacial score (nSPS) is 20.2. The second kappa shape index (κ2) is 7.84. The number of furan rings is 1. The van der Waals surface area contributed by atoms with Crippen LogP contribution >= 0.6 is 11.8 Å². The topological polar surface area (TPSA) is 99.3 Å². The standard InChI is InChI=1S/C13H21N5O3S2/c1-14-12-13(17-23(19,20)16-12)15-6-7-22-9-11-5-4-10(21-11)8-18(2)3/h4-5H,6-9H2,1-3H3,(H,14,16)(H,15,17). The molecule has 1 aliphatic rings. The van der Waals surface area contributed by atoms with E-state index in [1.54, 1.807) is 11.8 Å². The van der Waals surface area contributed by atoms with Gasteiger partial charge < -0.3 is 9.32 Å². The van der Waals surface area contributed by atoms with Crippen LogP contribution in [0.25, 0.3) is 0 Å². The molecule has 0 bridgehead atoms. The van der Waals surface area contributed by atoms with Crippen molar-refractivity contribution in [3.8, 4) is 0 Å². The van der Waals surface area contributed by atoms with Crippen molar-refractivity contribution >= 4 is 33.6 Å². The molecule has 128 valence electrons. The average Bonchev–Trinajstić information content (AvgIpc) is 3.01. The number of nitrogens with one attached hydrogen (secondary N) is 2. The summed E-state index contributed by atoms with van der Waals surface area (Å²) in [5.41, 5.74) is 0. The summed E-state index contributed by atoms with van der Waals surface area (Å²) in [6, 6.07) is 3.97. The zero-order chi connectivity index (χ0) is 16.9. The van der Waals surface area contributed by atoms with Gasteiger partial charge in [0.2, 0.25) is 0 Å². The molecule has 2 N–H and O–H groups in total. The molecule has 10 heteroatoms. The molecule has 23 heavy (non-hydrogen) atoms. The van der Waals surface area contributed by atoms with Crippen LogP contribution in [0, 0.1) is 0 Å². The molecule has 1 aliphatic heterocycles. The maximum atomic E-state index is 11.4. The number of amidine groups is 2. The SMILES string of the molecule is CN=C1NS(=O)(=O)NC1=NCCSCc1ccc(CN(C)C)o1. The fourth-order valence-corrected chi connectivity index (χ4v) is 3.56. The Hall–Kier alpha value is -1.52. The molecule has 2 rings (SSSR count). The quantitative estimate of drug-likeness (QED) is 0.688. The van der Waals surface area contributed by atoms with Gasteiger partial charge in [0, 0.05) is 12.8 Å². The maximum absolute atomic E-state index is 11.4. The zero-order valence-corrected chi connectivity index (χ0v) is 15.0. The lowest BCUT2D eigenvalue weighted by atomic mass is 10.4. The van der Waals surface area contributed by atoms with Crippen LogP contribution in [-0.4, -0.2) is 58.4 Å². The summed E-state index contributed by atoms with van der Waals surface area (Å²) in [6.45, 7) is 1.28. The Morgan fingerprint density at radius 3 is 2.61 bits per heavy atom. The van der Waals surface area contributed by atoms with Crippen molar-refractivity contribution < 1.29 is 12.8 Å². The Bertz CT molecular complexity index is 694. The van der Waals surface area contributed by atoms with E-state index in [1.165, 1.54) is 7.05 Å². The van der Waals surface area contributed by atoms with Gasteiger partial charge in [0.05, 0.1) is 18.8 Å². The van der Waals surface area contributed by atoms with E-state index >= 15 is 0 Å².